The molecule has 0 bridgehead atoms. The van der Waals surface area contributed by atoms with Gasteiger partial charge >= 0.3 is 5.97 Å². The van der Waals surface area contributed by atoms with Gasteiger partial charge in [0.25, 0.3) is 0 Å². The molecule has 3 rings (SSSR count). The summed E-state index contributed by atoms with van der Waals surface area (Å²) in [5.41, 5.74) is 0. The van der Waals surface area contributed by atoms with Gasteiger partial charge < -0.3 is 23.7 Å². The maximum atomic E-state index is 11.8. The van der Waals surface area contributed by atoms with Crippen molar-refractivity contribution in [3.63, 3.8) is 0 Å². The first-order chi connectivity index (χ1) is 15.0. The molecule has 3 fully saturated rings. The lowest BCUT2D eigenvalue weighted by Gasteiger charge is -2.39. The van der Waals surface area contributed by atoms with Gasteiger partial charge in [-0.2, -0.15) is 0 Å². The lowest BCUT2D eigenvalue weighted by atomic mass is 9.88. The van der Waals surface area contributed by atoms with Crippen LogP contribution in [0.4, 0.5) is 0 Å². The molecule has 0 aromatic carbocycles. The van der Waals surface area contributed by atoms with Crippen LogP contribution in [0.15, 0.2) is 0 Å². The molecular formula is C24H43IO6Si. The van der Waals surface area contributed by atoms with Crippen molar-refractivity contribution in [1.82, 2.24) is 0 Å². The van der Waals surface area contributed by atoms with Gasteiger partial charge in [-0.1, -0.05) is 43.4 Å². The molecule has 2 unspecified atom stereocenters. The smallest absolute Gasteiger partial charge is 0.306 e. The van der Waals surface area contributed by atoms with E-state index >= 15 is 0 Å². The molecule has 2 saturated heterocycles. The number of aliphatic hydroxyl groups is 1. The summed E-state index contributed by atoms with van der Waals surface area (Å²) in [6.45, 7) is 12.7. The van der Waals surface area contributed by atoms with Crippen LogP contribution in [0.2, 0.25) is 18.1 Å². The second kappa shape index (κ2) is 11.3. The lowest BCUT2D eigenvalue weighted by molar-refractivity contribution is -0.198. The number of carbonyl (C=O) groups excluding carboxylic acids is 1. The maximum absolute atomic E-state index is 11.8. The third-order valence-electron chi connectivity index (χ3n) is 7.96. The van der Waals surface area contributed by atoms with E-state index in [2.05, 4.69) is 56.5 Å². The Morgan fingerprint density at radius 1 is 1.19 bits per heavy atom. The molecule has 2 aliphatic heterocycles. The van der Waals surface area contributed by atoms with Crippen molar-refractivity contribution in [2.45, 2.75) is 119 Å². The van der Waals surface area contributed by atoms with E-state index in [0.29, 0.717) is 19.4 Å². The second-order valence-electron chi connectivity index (χ2n) is 11.3. The van der Waals surface area contributed by atoms with Crippen LogP contribution in [0.1, 0.15) is 72.1 Å². The number of hydrogen-bond acceptors (Lipinski definition) is 6. The molecule has 2 heterocycles. The Kier molecular flexibility index (Phi) is 9.51. The first-order valence-corrected chi connectivity index (χ1v) is 16.6. The van der Waals surface area contributed by atoms with Crippen LogP contribution in [-0.2, 0) is 23.4 Å². The monoisotopic (exact) mass is 582 g/mol. The predicted octanol–water partition coefficient (Wildman–Crippen LogP) is 5.21. The van der Waals surface area contributed by atoms with Crippen LogP contribution in [-0.4, -0.2) is 61.1 Å². The summed E-state index contributed by atoms with van der Waals surface area (Å²) in [5, 5.41) is 11.2. The summed E-state index contributed by atoms with van der Waals surface area (Å²) >= 11 is 2.41. The van der Waals surface area contributed by atoms with Crippen LogP contribution >= 0.6 is 22.6 Å². The number of alkyl halides is 1. The van der Waals surface area contributed by atoms with Crippen molar-refractivity contribution in [2.24, 2.45) is 11.8 Å². The Bertz CT molecular complexity index is 618. The average Bonchev–Trinajstić information content (AvgIpc) is 3.00. The third-order valence-corrected chi connectivity index (χ3v) is 13.8. The van der Waals surface area contributed by atoms with E-state index < -0.39 is 14.4 Å². The fraction of sp³-hybridized carbons (Fsp3) is 0.958. The number of esters is 1. The molecule has 0 aromatic rings. The molecule has 7 atom stereocenters. The van der Waals surface area contributed by atoms with Crippen LogP contribution in [0, 0.1) is 11.8 Å². The summed E-state index contributed by atoms with van der Waals surface area (Å²) in [7, 11) is -1.93. The molecule has 0 aromatic heterocycles. The van der Waals surface area contributed by atoms with E-state index in [1.807, 2.05) is 0 Å². The Labute approximate surface area is 208 Å². The van der Waals surface area contributed by atoms with Crippen molar-refractivity contribution in [3.05, 3.63) is 0 Å². The summed E-state index contributed by atoms with van der Waals surface area (Å²) in [6, 6.07) is 0. The Balaban J connectivity index is 1.70. The highest BCUT2D eigenvalue weighted by molar-refractivity contribution is 14.1. The molecular weight excluding hydrogens is 539 g/mol. The number of ether oxygens (including phenoxy) is 3. The van der Waals surface area contributed by atoms with Gasteiger partial charge in [0.1, 0.15) is 6.10 Å². The zero-order valence-electron chi connectivity index (χ0n) is 20.5. The van der Waals surface area contributed by atoms with Gasteiger partial charge in [0, 0.05) is 35.9 Å². The van der Waals surface area contributed by atoms with Gasteiger partial charge in [-0.25, -0.2) is 0 Å². The number of aliphatic hydroxyl groups excluding tert-OH is 1. The van der Waals surface area contributed by atoms with Crippen LogP contribution in [0.3, 0.4) is 0 Å². The number of hydrogen-bond donors (Lipinski definition) is 1. The van der Waals surface area contributed by atoms with Gasteiger partial charge in [-0.05, 0) is 62.6 Å². The molecule has 32 heavy (non-hydrogen) atoms. The maximum Gasteiger partial charge on any atom is 0.306 e. The summed E-state index contributed by atoms with van der Waals surface area (Å²) in [5.74, 6) is 0.0838. The largest absolute Gasteiger partial charge is 0.461 e. The van der Waals surface area contributed by atoms with Crippen molar-refractivity contribution >= 4 is 36.9 Å². The Hall–Kier alpha value is 0.257. The molecule has 1 aliphatic carbocycles. The van der Waals surface area contributed by atoms with Crippen LogP contribution < -0.4 is 0 Å². The highest BCUT2D eigenvalue weighted by Crippen LogP contribution is 2.43. The second-order valence-corrected chi connectivity index (χ2v) is 17.8. The summed E-state index contributed by atoms with van der Waals surface area (Å²) in [6.07, 6.45) is 6.11. The first kappa shape index (κ1) is 26.9. The van der Waals surface area contributed by atoms with Gasteiger partial charge in [0.15, 0.2) is 14.6 Å². The first-order valence-electron chi connectivity index (χ1n) is 12.4. The van der Waals surface area contributed by atoms with Crippen molar-refractivity contribution in [3.8, 4) is 0 Å². The number of cyclic esters (lactones) is 1. The number of carbonyl (C=O) groups is 1. The summed E-state index contributed by atoms with van der Waals surface area (Å²) in [4.78, 5) is 11.8. The molecule has 186 valence electrons. The minimum Gasteiger partial charge on any atom is -0.461 e. The van der Waals surface area contributed by atoms with E-state index in [1.54, 1.807) is 0 Å². The molecule has 0 spiro atoms. The van der Waals surface area contributed by atoms with Crippen LogP contribution in [0.25, 0.3) is 0 Å². The third kappa shape index (κ3) is 6.90. The standard InChI is InChI=1S/C24H43IO6Si/c1-24(2,3)32(4,5)29-15-17-16(13-18(25)20-9-8-10-22(27)30-20)19(26)14-21(17)31-23-11-6-7-12-28-23/h16-21,23,26H,6-15H2,1-5H3/t16-,17-,18?,19-,20+,21-,23?/m1/s1. The number of rotatable bonds is 8. The Morgan fingerprint density at radius 3 is 2.56 bits per heavy atom. The number of halogens is 1. The van der Waals surface area contributed by atoms with Crippen LogP contribution in [0.5, 0.6) is 0 Å². The normalized spacial score (nSPS) is 35.5. The van der Waals surface area contributed by atoms with Gasteiger partial charge in [0.2, 0.25) is 0 Å². The lowest BCUT2D eigenvalue weighted by Crippen LogP contribution is -2.44. The zero-order valence-corrected chi connectivity index (χ0v) is 23.6. The van der Waals surface area contributed by atoms with E-state index in [9.17, 15) is 9.90 Å². The molecule has 8 heteroatoms. The van der Waals surface area contributed by atoms with Gasteiger partial charge in [-0.15, -0.1) is 0 Å². The summed E-state index contributed by atoms with van der Waals surface area (Å²) < 4.78 is 24.7. The topological polar surface area (TPSA) is 74.2 Å². The molecule has 0 amide bonds. The predicted molar refractivity (Wildman–Crippen MR) is 135 cm³/mol. The molecule has 6 nitrogen and oxygen atoms in total. The minimum absolute atomic E-state index is 0.0624. The van der Waals surface area contributed by atoms with E-state index in [1.165, 1.54) is 0 Å². The highest BCUT2D eigenvalue weighted by atomic mass is 127. The fourth-order valence-corrected chi connectivity index (χ4v) is 6.94. The van der Waals surface area contributed by atoms with Crippen molar-refractivity contribution in [2.75, 3.05) is 13.2 Å². The van der Waals surface area contributed by atoms with Crippen molar-refractivity contribution in [1.29, 1.82) is 0 Å². The molecule has 1 N–H and O–H groups in total. The highest BCUT2D eigenvalue weighted by Gasteiger charge is 2.47. The fourth-order valence-electron chi connectivity index (χ4n) is 4.80. The van der Waals surface area contributed by atoms with Gasteiger partial charge in [0.05, 0.1) is 12.2 Å². The van der Waals surface area contributed by atoms with Crippen molar-refractivity contribution < 1.29 is 28.5 Å². The van der Waals surface area contributed by atoms with E-state index in [0.717, 1.165) is 45.1 Å². The average molecular weight is 583 g/mol. The SMILES string of the molecule is CC(C)(C)[Si](C)(C)OC[C@@H]1[C@@H](CC(I)[C@@H]2CCCC(=O)O2)[C@H](O)C[C@H]1OC1CCCCO1. The molecule has 1 saturated carbocycles. The quantitative estimate of drug-likeness (QED) is 0.184. The Morgan fingerprint density at radius 2 is 1.94 bits per heavy atom. The zero-order chi connectivity index (χ0) is 23.5. The molecule has 0 radical (unpaired) electrons. The molecule has 3 aliphatic rings. The van der Waals surface area contributed by atoms with E-state index in [-0.39, 0.29) is 45.3 Å². The van der Waals surface area contributed by atoms with E-state index in [4.69, 9.17) is 18.6 Å². The van der Waals surface area contributed by atoms with Gasteiger partial charge in [-0.3, -0.25) is 4.79 Å². The minimum atomic E-state index is -1.93.